The van der Waals surface area contributed by atoms with Crippen LogP contribution in [-0.4, -0.2) is 24.5 Å². The minimum absolute atomic E-state index is 0. The first-order valence-electron chi connectivity index (χ1n) is 4.05. The third kappa shape index (κ3) is 2.70. The fourth-order valence-corrected chi connectivity index (χ4v) is 1.57. The average molecular weight is 143 g/mol. The molecule has 0 aliphatic carbocycles. The zero-order valence-corrected chi connectivity index (χ0v) is 6.56. The number of hydrogen-bond acceptors (Lipinski definition) is 1. The van der Waals surface area contributed by atoms with Gasteiger partial charge in [-0.05, 0) is 31.8 Å². The van der Waals surface area contributed by atoms with E-state index >= 15 is 0 Å². The summed E-state index contributed by atoms with van der Waals surface area (Å²) in [6.45, 7) is 8.50. The number of hydrogen-bond donors (Lipinski definition) is 0. The highest BCUT2D eigenvalue weighted by molar-refractivity contribution is 4.67. The largest absolute Gasteiger partial charge is 0.303 e. The third-order valence-electron chi connectivity index (χ3n) is 2.19. The molecular weight excluding hydrogens is 122 g/mol. The Balaban J connectivity index is 0.000000810. The van der Waals surface area contributed by atoms with Crippen LogP contribution in [0.15, 0.2) is 0 Å². The normalized spacial score (nSPS) is 27.6. The van der Waals surface area contributed by atoms with Crippen molar-refractivity contribution in [3.05, 3.63) is 0 Å². The van der Waals surface area contributed by atoms with Gasteiger partial charge in [0.1, 0.15) is 0 Å². The van der Waals surface area contributed by atoms with Gasteiger partial charge in [0, 0.05) is 6.54 Å². The summed E-state index contributed by atoms with van der Waals surface area (Å²) >= 11 is 0. The highest BCUT2D eigenvalue weighted by Gasteiger charge is 2.13. The molecule has 0 radical (unpaired) electrons. The van der Waals surface area contributed by atoms with Crippen molar-refractivity contribution in [3.8, 4) is 0 Å². The van der Waals surface area contributed by atoms with E-state index in [0.29, 0.717) is 0 Å². The van der Waals surface area contributed by atoms with Crippen molar-refractivity contribution in [1.29, 1.82) is 0 Å². The predicted octanol–water partition coefficient (Wildman–Crippen LogP) is 2.37. The van der Waals surface area contributed by atoms with Crippen LogP contribution in [0.3, 0.4) is 0 Å². The van der Waals surface area contributed by atoms with E-state index in [2.05, 4.69) is 18.7 Å². The molecule has 0 bridgehead atoms. The van der Waals surface area contributed by atoms with Gasteiger partial charge in [0.15, 0.2) is 0 Å². The maximum absolute atomic E-state index is 2.54. The minimum Gasteiger partial charge on any atom is -0.303 e. The summed E-state index contributed by atoms with van der Waals surface area (Å²) in [5, 5.41) is 0. The van der Waals surface area contributed by atoms with Crippen molar-refractivity contribution < 1.29 is 0 Å². The van der Waals surface area contributed by atoms with E-state index in [1.54, 1.807) is 0 Å². The molecule has 0 aromatic heterocycles. The summed E-state index contributed by atoms with van der Waals surface area (Å²) in [7, 11) is 0. The number of piperidine rings is 1. The van der Waals surface area contributed by atoms with Crippen LogP contribution >= 0.6 is 0 Å². The zero-order chi connectivity index (χ0) is 6.69. The van der Waals surface area contributed by atoms with Crippen LogP contribution < -0.4 is 0 Å². The smallest absolute Gasteiger partial charge is 0.000691 e. The minimum atomic E-state index is 0. The standard InChI is InChI=1S/C8H17N.CH4/c1-3-9-6-4-5-8(2)7-9;/h8H,3-7H2,1-2H3;1H4. The Morgan fingerprint density at radius 1 is 1.50 bits per heavy atom. The molecule has 1 atom stereocenters. The molecule has 1 rings (SSSR count). The second-order valence-electron chi connectivity index (χ2n) is 3.14. The Morgan fingerprint density at radius 2 is 2.20 bits per heavy atom. The van der Waals surface area contributed by atoms with Crippen molar-refractivity contribution in [1.82, 2.24) is 4.90 Å². The van der Waals surface area contributed by atoms with Crippen molar-refractivity contribution in [2.24, 2.45) is 5.92 Å². The maximum Gasteiger partial charge on any atom is 0.000691 e. The lowest BCUT2D eigenvalue weighted by atomic mass is 10.0. The molecule has 0 aromatic carbocycles. The Labute approximate surface area is 65.4 Å². The van der Waals surface area contributed by atoms with E-state index < -0.39 is 0 Å². The fourth-order valence-electron chi connectivity index (χ4n) is 1.57. The van der Waals surface area contributed by atoms with Crippen LogP contribution in [0.1, 0.15) is 34.1 Å². The Kier molecular flexibility index (Phi) is 4.71. The fraction of sp³-hybridized carbons (Fsp3) is 1.00. The zero-order valence-electron chi connectivity index (χ0n) is 6.56. The second kappa shape index (κ2) is 4.73. The molecule has 1 unspecified atom stereocenters. The van der Waals surface area contributed by atoms with Gasteiger partial charge in [0.05, 0.1) is 0 Å². The van der Waals surface area contributed by atoms with E-state index in [4.69, 9.17) is 0 Å². The molecule has 0 saturated carbocycles. The van der Waals surface area contributed by atoms with E-state index in [-0.39, 0.29) is 7.43 Å². The molecule has 1 aliphatic rings. The van der Waals surface area contributed by atoms with Gasteiger partial charge in [-0.2, -0.15) is 0 Å². The van der Waals surface area contributed by atoms with Crippen LogP contribution in [0.5, 0.6) is 0 Å². The topological polar surface area (TPSA) is 3.24 Å². The maximum atomic E-state index is 2.54. The molecule has 1 nitrogen and oxygen atoms in total. The van der Waals surface area contributed by atoms with Gasteiger partial charge < -0.3 is 4.90 Å². The monoisotopic (exact) mass is 143 g/mol. The van der Waals surface area contributed by atoms with E-state index in [1.165, 1.54) is 32.5 Å². The van der Waals surface area contributed by atoms with Crippen LogP contribution in [0.2, 0.25) is 0 Å². The van der Waals surface area contributed by atoms with Gasteiger partial charge in [-0.15, -0.1) is 0 Å². The molecule has 1 saturated heterocycles. The lowest BCUT2D eigenvalue weighted by Crippen LogP contribution is -2.33. The third-order valence-corrected chi connectivity index (χ3v) is 2.19. The summed E-state index contributed by atoms with van der Waals surface area (Å²) < 4.78 is 0. The Bertz CT molecular complexity index is 80.8. The highest BCUT2D eigenvalue weighted by Crippen LogP contribution is 2.14. The van der Waals surface area contributed by atoms with E-state index in [1.807, 2.05) is 0 Å². The molecule has 1 fully saturated rings. The lowest BCUT2D eigenvalue weighted by Gasteiger charge is -2.29. The molecule has 0 amide bonds. The van der Waals surface area contributed by atoms with Crippen LogP contribution in [0.25, 0.3) is 0 Å². The summed E-state index contributed by atoms with van der Waals surface area (Å²) in [6, 6.07) is 0. The number of nitrogens with zero attached hydrogens (tertiary/aromatic N) is 1. The average Bonchev–Trinajstić information content (AvgIpc) is 1.88. The van der Waals surface area contributed by atoms with Gasteiger partial charge in [0.25, 0.3) is 0 Å². The lowest BCUT2D eigenvalue weighted by molar-refractivity contribution is 0.192. The molecular formula is C9H21N. The van der Waals surface area contributed by atoms with E-state index in [9.17, 15) is 0 Å². The molecule has 0 N–H and O–H groups in total. The SMILES string of the molecule is C.CCN1CCCC(C)C1. The van der Waals surface area contributed by atoms with Crippen molar-refractivity contribution >= 4 is 0 Å². The molecule has 0 spiro atoms. The molecule has 1 heterocycles. The van der Waals surface area contributed by atoms with E-state index in [0.717, 1.165) is 5.92 Å². The Hall–Kier alpha value is -0.0400. The molecule has 10 heavy (non-hydrogen) atoms. The van der Waals surface area contributed by atoms with Crippen LogP contribution in [-0.2, 0) is 0 Å². The Morgan fingerprint density at radius 3 is 2.60 bits per heavy atom. The first-order valence-corrected chi connectivity index (χ1v) is 4.05. The second-order valence-corrected chi connectivity index (χ2v) is 3.14. The highest BCUT2D eigenvalue weighted by atomic mass is 15.1. The summed E-state index contributed by atoms with van der Waals surface area (Å²) in [6.07, 6.45) is 2.85. The summed E-state index contributed by atoms with van der Waals surface area (Å²) in [5.74, 6) is 0.943. The van der Waals surface area contributed by atoms with Gasteiger partial charge in [-0.25, -0.2) is 0 Å². The molecule has 62 valence electrons. The van der Waals surface area contributed by atoms with Gasteiger partial charge in [-0.1, -0.05) is 21.3 Å². The first kappa shape index (κ1) is 9.96. The summed E-state index contributed by atoms with van der Waals surface area (Å²) in [5.41, 5.74) is 0. The molecule has 0 aromatic rings. The van der Waals surface area contributed by atoms with Gasteiger partial charge >= 0.3 is 0 Å². The van der Waals surface area contributed by atoms with Gasteiger partial charge in [0.2, 0.25) is 0 Å². The predicted molar refractivity (Wildman–Crippen MR) is 47.2 cm³/mol. The van der Waals surface area contributed by atoms with Crippen LogP contribution in [0.4, 0.5) is 0 Å². The first-order chi connectivity index (χ1) is 4.33. The quantitative estimate of drug-likeness (QED) is 0.544. The van der Waals surface area contributed by atoms with Crippen molar-refractivity contribution in [2.45, 2.75) is 34.1 Å². The summed E-state index contributed by atoms with van der Waals surface area (Å²) in [4.78, 5) is 2.54. The molecule has 1 aliphatic heterocycles. The van der Waals surface area contributed by atoms with Crippen molar-refractivity contribution in [3.63, 3.8) is 0 Å². The van der Waals surface area contributed by atoms with Crippen LogP contribution in [0, 0.1) is 5.92 Å². The number of likely N-dealkylation sites (tertiary alicyclic amines) is 1. The number of rotatable bonds is 1. The molecule has 1 heteroatoms. The van der Waals surface area contributed by atoms with Crippen molar-refractivity contribution in [2.75, 3.05) is 19.6 Å². The van der Waals surface area contributed by atoms with Gasteiger partial charge in [-0.3, -0.25) is 0 Å².